The minimum Gasteiger partial charge on any atom is -0.327 e. The maximum Gasteiger partial charge on any atom is 0.252 e. The highest BCUT2D eigenvalue weighted by Crippen LogP contribution is 2.18. The zero-order valence-electron chi connectivity index (χ0n) is 7.67. The molecule has 0 spiro atoms. The topological polar surface area (TPSA) is 83.8 Å². The van der Waals surface area contributed by atoms with E-state index in [0.717, 1.165) is 0 Å². The summed E-state index contributed by atoms with van der Waals surface area (Å²) in [4.78, 5) is 11.4. The third-order valence-electron chi connectivity index (χ3n) is 1.61. The van der Waals surface area contributed by atoms with E-state index in [1.54, 1.807) is 19.2 Å². The summed E-state index contributed by atoms with van der Waals surface area (Å²) >= 11 is 3.23. The Hall–Kier alpha value is -1.14. The lowest BCUT2D eigenvalue weighted by Gasteiger charge is -2.02. The van der Waals surface area contributed by atoms with E-state index in [1.165, 1.54) is 0 Å². The Labute approximate surface area is 89.9 Å². The van der Waals surface area contributed by atoms with Crippen molar-refractivity contribution in [2.75, 3.05) is 11.9 Å². The summed E-state index contributed by atoms with van der Waals surface area (Å²) < 4.78 is 0.714. The van der Waals surface area contributed by atoms with Gasteiger partial charge in [-0.1, -0.05) is 6.08 Å². The average Bonchev–Trinajstić information content (AvgIpc) is 2.52. The van der Waals surface area contributed by atoms with Crippen LogP contribution >= 0.6 is 15.9 Å². The lowest BCUT2D eigenvalue weighted by atomic mass is 10.2. The van der Waals surface area contributed by atoms with Gasteiger partial charge in [0.15, 0.2) is 0 Å². The minimum atomic E-state index is -0.194. The molecule has 0 aromatic carbocycles. The molecule has 0 aliphatic heterocycles. The van der Waals surface area contributed by atoms with Crippen LogP contribution in [0.5, 0.6) is 0 Å². The van der Waals surface area contributed by atoms with Crippen LogP contribution in [0.3, 0.4) is 0 Å². The van der Waals surface area contributed by atoms with Crippen molar-refractivity contribution in [3.05, 3.63) is 22.3 Å². The van der Waals surface area contributed by atoms with Crippen molar-refractivity contribution in [3.63, 3.8) is 0 Å². The quantitative estimate of drug-likeness (QED) is 0.708. The number of nitrogens with two attached hydrogens (primary N) is 1. The van der Waals surface area contributed by atoms with Gasteiger partial charge in [-0.15, -0.1) is 0 Å². The van der Waals surface area contributed by atoms with Crippen LogP contribution in [0.2, 0.25) is 0 Å². The van der Waals surface area contributed by atoms with Crippen molar-refractivity contribution >= 4 is 27.7 Å². The van der Waals surface area contributed by atoms with Crippen LogP contribution < -0.4 is 11.1 Å². The summed E-state index contributed by atoms with van der Waals surface area (Å²) in [5.41, 5.74) is 5.86. The van der Waals surface area contributed by atoms with Gasteiger partial charge in [0.1, 0.15) is 5.82 Å². The zero-order chi connectivity index (χ0) is 10.6. The Morgan fingerprint density at radius 3 is 3.07 bits per heavy atom. The number of aromatic nitrogens is 2. The third-order valence-corrected chi connectivity index (χ3v) is 2.22. The highest BCUT2D eigenvalue weighted by Gasteiger charge is 2.07. The fraction of sp³-hybridized carbons (Fsp3) is 0.250. The molecule has 1 rings (SSSR count). The molecule has 14 heavy (non-hydrogen) atoms. The van der Waals surface area contributed by atoms with Crippen molar-refractivity contribution < 1.29 is 4.79 Å². The minimum absolute atomic E-state index is 0.194. The number of hydrogen-bond acceptors (Lipinski definition) is 3. The van der Waals surface area contributed by atoms with Gasteiger partial charge >= 0.3 is 0 Å². The highest BCUT2D eigenvalue weighted by molar-refractivity contribution is 9.10. The first kappa shape index (κ1) is 10.9. The Balaban J connectivity index is 2.67. The van der Waals surface area contributed by atoms with Gasteiger partial charge in [0.2, 0.25) is 0 Å². The molecular weight excluding hydrogens is 248 g/mol. The molecule has 0 atom stereocenters. The number of carbonyl (C=O) groups is 1. The van der Waals surface area contributed by atoms with Gasteiger partial charge in [-0.3, -0.25) is 9.89 Å². The number of halogens is 1. The predicted octanol–water partition coefficient (Wildman–Crippen LogP) is 1.02. The van der Waals surface area contributed by atoms with Crippen LogP contribution in [-0.2, 0) is 4.79 Å². The molecule has 0 unspecified atom stereocenters. The lowest BCUT2D eigenvalue weighted by Crippen LogP contribution is -2.14. The lowest BCUT2D eigenvalue weighted by molar-refractivity contribution is -0.112. The number of anilines is 1. The Kier molecular flexibility index (Phi) is 3.84. The molecule has 0 fully saturated rings. The normalized spacial score (nSPS) is 11.5. The van der Waals surface area contributed by atoms with E-state index in [9.17, 15) is 4.79 Å². The maximum atomic E-state index is 11.4. The second-order valence-corrected chi connectivity index (χ2v) is 3.52. The van der Waals surface area contributed by atoms with Gasteiger partial charge in [0.25, 0.3) is 5.91 Å². The zero-order valence-corrected chi connectivity index (χ0v) is 9.26. The Bertz CT molecular complexity index is 358. The molecule has 0 radical (unpaired) electrons. The number of nitrogens with one attached hydrogen (secondary N) is 2. The molecule has 1 heterocycles. The van der Waals surface area contributed by atoms with E-state index >= 15 is 0 Å². The summed E-state index contributed by atoms with van der Waals surface area (Å²) in [5, 5.41) is 9.04. The summed E-state index contributed by atoms with van der Waals surface area (Å²) in [6, 6.07) is 0. The molecule has 6 heteroatoms. The number of aromatic amines is 1. The van der Waals surface area contributed by atoms with Crippen molar-refractivity contribution in [1.82, 2.24) is 10.2 Å². The van der Waals surface area contributed by atoms with Crippen LogP contribution in [0.4, 0.5) is 5.82 Å². The molecule has 0 saturated heterocycles. The number of carbonyl (C=O) groups excluding carboxylic acids is 1. The van der Waals surface area contributed by atoms with E-state index in [0.29, 0.717) is 22.4 Å². The molecule has 1 aromatic rings. The number of amides is 1. The number of hydrogen-bond donors (Lipinski definition) is 3. The standard InChI is InChI=1S/C8H11BrN4O/c1-5(2-3-10)8(14)12-7-6(9)4-11-13-7/h2,4H,3,10H2,1H3,(H2,11,12,13,14)/b5-2+. The van der Waals surface area contributed by atoms with Gasteiger partial charge in [-0.2, -0.15) is 5.10 Å². The Morgan fingerprint density at radius 1 is 1.86 bits per heavy atom. The molecule has 0 aliphatic carbocycles. The van der Waals surface area contributed by atoms with Gasteiger partial charge in [0, 0.05) is 12.1 Å². The molecule has 0 aliphatic rings. The molecule has 0 bridgehead atoms. The first-order valence-corrected chi connectivity index (χ1v) is 4.81. The Morgan fingerprint density at radius 2 is 2.57 bits per heavy atom. The summed E-state index contributed by atoms with van der Waals surface area (Å²) in [7, 11) is 0. The molecule has 0 saturated carbocycles. The van der Waals surface area contributed by atoms with Gasteiger partial charge in [-0.05, 0) is 22.9 Å². The van der Waals surface area contributed by atoms with Crippen LogP contribution in [0, 0.1) is 0 Å². The summed E-state index contributed by atoms with van der Waals surface area (Å²) in [6.07, 6.45) is 3.22. The third kappa shape index (κ3) is 2.68. The summed E-state index contributed by atoms with van der Waals surface area (Å²) in [5.74, 6) is 0.347. The average molecular weight is 259 g/mol. The number of H-pyrrole nitrogens is 1. The molecule has 5 nitrogen and oxygen atoms in total. The van der Waals surface area contributed by atoms with Gasteiger partial charge in [0.05, 0.1) is 10.7 Å². The van der Waals surface area contributed by atoms with Crippen LogP contribution in [-0.4, -0.2) is 22.6 Å². The van der Waals surface area contributed by atoms with Gasteiger partial charge in [-0.25, -0.2) is 0 Å². The van der Waals surface area contributed by atoms with Crippen LogP contribution in [0.1, 0.15) is 6.92 Å². The monoisotopic (exact) mass is 258 g/mol. The predicted molar refractivity (Wildman–Crippen MR) is 57.7 cm³/mol. The van der Waals surface area contributed by atoms with E-state index in [2.05, 4.69) is 31.4 Å². The van der Waals surface area contributed by atoms with Crippen molar-refractivity contribution in [3.8, 4) is 0 Å². The highest BCUT2D eigenvalue weighted by atomic mass is 79.9. The number of nitrogens with zero attached hydrogens (tertiary/aromatic N) is 1. The summed E-state index contributed by atoms with van der Waals surface area (Å²) in [6.45, 7) is 2.05. The molecular formula is C8H11BrN4O. The first-order chi connectivity index (χ1) is 6.65. The second kappa shape index (κ2) is 4.92. The fourth-order valence-corrected chi connectivity index (χ4v) is 1.13. The van der Waals surface area contributed by atoms with Crippen molar-refractivity contribution in [1.29, 1.82) is 0 Å². The smallest absolute Gasteiger partial charge is 0.252 e. The molecule has 1 amide bonds. The van der Waals surface area contributed by atoms with Crippen molar-refractivity contribution in [2.45, 2.75) is 6.92 Å². The SMILES string of the molecule is C/C(=C\CN)C(=O)Nc1[nH]ncc1Br. The number of rotatable bonds is 3. The fourth-order valence-electron chi connectivity index (χ4n) is 0.841. The van der Waals surface area contributed by atoms with Crippen molar-refractivity contribution in [2.24, 2.45) is 5.73 Å². The second-order valence-electron chi connectivity index (χ2n) is 2.67. The molecule has 1 aromatic heterocycles. The van der Waals surface area contributed by atoms with E-state index < -0.39 is 0 Å². The van der Waals surface area contributed by atoms with E-state index in [4.69, 9.17) is 5.73 Å². The maximum absolute atomic E-state index is 11.4. The van der Waals surface area contributed by atoms with E-state index in [-0.39, 0.29) is 5.91 Å². The van der Waals surface area contributed by atoms with Gasteiger partial charge < -0.3 is 11.1 Å². The first-order valence-electron chi connectivity index (χ1n) is 4.02. The largest absolute Gasteiger partial charge is 0.327 e. The molecule has 76 valence electrons. The van der Waals surface area contributed by atoms with Crippen LogP contribution in [0.15, 0.2) is 22.3 Å². The van der Waals surface area contributed by atoms with Crippen LogP contribution in [0.25, 0.3) is 0 Å². The van der Waals surface area contributed by atoms with E-state index in [1.807, 2.05) is 0 Å². The molecule has 4 N–H and O–H groups in total.